The van der Waals surface area contributed by atoms with Crippen LogP contribution in [0.4, 0.5) is 4.79 Å². The van der Waals surface area contributed by atoms with Crippen molar-refractivity contribution in [3.8, 4) is 11.1 Å². The lowest BCUT2D eigenvalue weighted by Crippen LogP contribution is -2.47. The Kier molecular flexibility index (Phi) is 12.9. The third-order valence-corrected chi connectivity index (χ3v) is 9.62. The minimum Gasteiger partial charge on any atom is -0.480 e. The van der Waals surface area contributed by atoms with Gasteiger partial charge in [-0.3, -0.25) is 14.2 Å². The normalized spacial score (nSPS) is 15.2. The predicted octanol–water partition coefficient (Wildman–Crippen LogP) is 4.38. The number of alkyl carbamates (subject to hydrolysis) is 1. The summed E-state index contributed by atoms with van der Waals surface area (Å²) in [5, 5.41) is 27.4. The molecular formula is C31H37N2O10PS. The first-order valence-corrected chi connectivity index (χ1v) is 17.0. The average molecular weight is 661 g/mol. The fourth-order valence-electron chi connectivity index (χ4n) is 4.36. The maximum Gasteiger partial charge on any atom is 0.411 e. The number of rotatable bonds is 15. The van der Waals surface area contributed by atoms with Crippen LogP contribution in [-0.4, -0.2) is 64.1 Å². The van der Waals surface area contributed by atoms with Crippen LogP contribution in [0.5, 0.6) is 0 Å². The lowest BCUT2D eigenvalue weighted by Gasteiger charge is -2.28. The van der Waals surface area contributed by atoms with Gasteiger partial charge in [-0.25, -0.2) is 9.59 Å². The molecule has 45 heavy (non-hydrogen) atoms. The number of ether oxygens (including phenoxy) is 2. The van der Waals surface area contributed by atoms with E-state index >= 15 is 0 Å². The first kappa shape index (κ1) is 35.4. The number of aliphatic carboxylic acids is 1. The molecule has 0 aliphatic rings. The van der Waals surface area contributed by atoms with E-state index in [-0.39, 0.29) is 12.0 Å². The fourth-order valence-corrected chi connectivity index (χ4v) is 7.10. The zero-order valence-corrected chi connectivity index (χ0v) is 26.7. The molecule has 1 heterocycles. The van der Waals surface area contributed by atoms with Crippen molar-refractivity contribution in [2.45, 2.75) is 45.3 Å². The summed E-state index contributed by atoms with van der Waals surface area (Å²) < 4.78 is 24.2. The number of aliphatic hydroxyl groups is 1. The maximum absolute atomic E-state index is 14.1. The Bertz CT molecular complexity index is 1480. The van der Waals surface area contributed by atoms with Crippen molar-refractivity contribution in [3.63, 3.8) is 0 Å². The molecule has 0 saturated carbocycles. The minimum atomic E-state index is -4.53. The van der Waals surface area contributed by atoms with E-state index < -0.39 is 74.0 Å². The Morgan fingerprint density at radius 1 is 0.911 bits per heavy atom. The van der Waals surface area contributed by atoms with Gasteiger partial charge in [-0.15, -0.1) is 0 Å². The molecule has 242 valence electrons. The summed E-state index contributed by atoms with van der Waals surface area (Å²) in [4.78, 5) is 61.0. The fraction of sp³-hybridized carbons (Fsp3) is 0.355. The van der Waals surface area contributed by atoms with Crippen LogP contribution in [0.2, 0.25) is 0 Å². The van der Waals surface area contributed by atoms with E-state index in [4.69, 9.17) is 9.47 Å². The molecular weight excluding hydrogens is 623 g/mol. The molecule has 14 heteroatoms. The summed E-state index contributed by atoms with van der Waals surface area (Å²) in [6.07, 6.45) is -3.15. The number of benzene rings is 2. The molecule has 5 atom stereocenters. The van der Waals surface area contributed by atoms with Crippen molar-refractivity contribution < 1.29 is 48.3 Å². The van der Waals surface area contributed by atoms with Crippen LogP contribution in [0.15, 0.2) is 71.4 Å². The summed E-state index contributed by atoms with van der Waals surface area (Å²) in [5.41, 5.74) is 2.81. The van der Waals surface area contributed by atoms with Crippen molar-refractivity contribution in [2.75, 3.05) is 12.8 Å². The average Bonchev–Trinajstić information content (AvgIpc) is 3.53. The van der Waals surface area contributed by atoms with Gasteiger partial charge in [0, 0.05) is 13.1 Å². The SMILES string of the molecule is CC(OC(=O)N[C@@H](c1ccccc1)P(=O)(O)C[C@@H](Cc1ccc(-c2ccsc2)cc1)C(=O)N[C@@H](CO)C(=O)O)OC(=O)C(C)C. The van der Waals surface area contributed by atoms with Crippen LogP contribution in [0.3, 0.4) is 0 Å². The molecule has 2 aromatic carbocycles. The third kappa shape index (κ3) is 10.5. The highest BCUT2D eigenvalue weighted by atomic mass is 32.1. The van der Waals surface area contributed by atoms with Gasteiger partial charge in [0.05, 0.1) is 18.4 Å². The molecule has 3 rings (SSSR count). The lowest BCUT2D eigenvalue weighted by atomic mass is 9.98. The molecule has 1 aromatic heterocycles. The number of thiophene rings is 1. The zero-order chi connectivity index (χ0) is 33.1. The van der Waals surface area contributed by atoms with Gasteiger partial charge in [-0.1, -0.05) is 68.4 Å². The molecule has 0 saturated heterocycles. The van der Waals surface area contributed by atoms with Gasteiger partial charge in [-0.2, -0.15) is 11.3 Å². The van der Waals surface area contributed by atoms with Crippen LogP contribution in [0.25, 0.3) is 11.1 Å². The first-order valence-electron chi connectivity index (χ1n) is 14.1. The second-order valence-electron chi connectivity index (χ2n) is 10.7. The smallest absolute Gasteiger partial charge is 0.411 e. The number of carboxylic acid groups (broad SMARTS) is 1. The summed E-state index contributed by atoms with van der Waals surface area (Å²) in [6.45, 7) is 3.64. The van der Waals surface area contributed by atoms with Gasteiger partial charge in [0.1, 0.15) is 11.8 Å². The maximum atomic E-state index is 14.1. The number of carbonyl (C=O) groups is 4. The molecule has 2 unspecified atom stereocenters. The standard InChI is InChI=1S/C31H37N2O10PS/c1-19(2)30(38)42-20(3)43-31(39)33-28(23-7-5-4-6-8-23)44(40,41)17-25(27(35)32-26(16-34)29(36)37)15-21-9-11-22(12-10-21)24-13-14-45-18-24/h4-14,18-20,25-26,28,34H,15-17H2,1-3H3,(H,32,35)(H,33,39)(H,36,37)(H,40,41)/t20?,25-,26+,28-/m1/s1. The number of hydrogen-bond donors (Lipinski definition) is 5. The molecule has 0 aliphatic carbocycles. The quantitative estimate of drug-likeness (QED) is 0.0889. The van der Waals surface area contributed by atoms with Crippen LogP contribution >= 0.6 is 18.7 Å². The van der Waals surface area contributed by atoms with Crippen molar-refractivity contribution in [1.29, 1.82) is 0 Å². The van der Waals surface area contributed by atoms with E-state index in [1.807, 2.05) is 29.0 Å². The van der Waals surface area contributed by atoms with Crippen molar-refractivity contribution in [1.82, 2.24) is 10.6 Å². The Balaban J connectivity index is 1.88. The van der Waals surface area contributed by atoms with Crippen LogP contribution in [-0.2, 0) is 34.8 Å². The molecule has 2 amide bonds. The number of nitrogens with one attached hydrogen (secondary N) is 2. The topological polar surface area (TPSA) is 189 Å². The van der Waals surface area contributed by atoms with Gasteiger partial charge >= 0.3 is 18.0 Å². The Labute approximate surface area is 264 Å². The van der Waals surface area contributed by atoms with Gasteiger partial charge in [0.2, 0.25) is 19.6 Å². The monoisotopic (exact) mass is 660 g/mol. The van der Waals surface area contributed by atoms with Gasteiger partial charge in [0.15, 0.2) is 0 Å². The van der Waals surface area contributed by atoms with Crippen LogP contribution < -0.4 is 10.6 Å². The number of carbonyl (C=O) groups excluding carboxylic acids is 3. The molecule has 0 aliphatic heterocycles. The third-order valence-electron chi connectivity index (χ3n) is 6.74. The van der Waals surface area contributed by atoms with E-state index in [1.54, 1.807) is 55.5 Å². The van der Waals surface area contributed by atoms with E-state index in [2.05, 4.69) is 10.6 Å². The molecule has 3 aromatic rings. The van der Waals surface area contributed by atoms with E-state index in [0.29, 0.717) is 5.56 Å². The highest BCUT2D eigenvalue weighted by Crippen LogP contribution is 2.55. The molecule has 0 radical (unpaired) electrons. The lowest BCUT2D eigenvalue weighted by molar-refractivity contribution is -0.168. The number of hydrogen-bond acceptors (Lipinski definition) is 9. The van der Waals surface area contributed by atoms with Crippen LogP contribution in [0.1, 0.15) is 37.7 Å². The Morgan fingerprint density at radius 3 is 2.13 bits per heavy atom. The minimum absolute atomic E-state index is 0.0494. The summed E-state index contributed by atoms with van der Waals surface area (Å²) in [5.74, 6) is -6.20. The van der Waals surface area contributed by atoms with Gasteiger partial charge in [0.25, 0.3) is 0 Å². The van der Waals surface area contributed by atoms with E-state index in [9.17, 15) is 38.8 Å². The molecule has 0 fully saturated rings. The highest BCUT2D eigenvalue weighted by Gasteiger charge is 2.39. The van der Waals surface area contributed by atoms with Gasteiger partial charge < -0.3 is 35.2 Å². The molecule has 5 N–H and O–H groups in total. The Hall–Kier alpha value is -4.03. The number of esters is 1. The number of carboxylic acids is 1. The summed E-state index contributed by atoms with van der Waals surface area (Å²) >= 11 is 1.54. The first-order chi connectivity index (χ1) is 21.3. The number of amides is 2. The van der Waals surface area contributed by atoms with E-state index in [1.165, 1.54) is 19.1 Å². The van der Waals surface area contributed by atoms with Crippen molar-refractivity contribution in [3.05, 3.63) is 82.6 Å². The van der Waals surface area contributed by atoms with Crippen LogP contribution in [0, 0.1) is 11.8 Å². The Morgan fingerprint density at radius 2 is 1.58 bits per heavy atom. The largest absolute Gasteiger partial charge is 0.480 e. The second kappa shape index (κ2) is 16.3. The summed E-state index contributed by atoms with van der Waals surface area (Å²) in [7, 11) is -4.53. The molecule has 0 bridgehead atoms. The van der Waals surface area contributed by atoms with Crippen molar-refractivity contribution >= 4 is 42.6 Å². The zero-order valence-electron chi connectivity index (χ0n) is 25.0. The van der Waals surface area contributed by atoms with Gasteiger partial charge in [-0.05, 0) is 45.5 Å². The van der Waals surface area contributed by atoms with E-state index in [0.717, 1.165) is 11.1 Å². The predicted molar refractivity (Wildman–Crippen MR) is 167 cm³/mol. The molecule has 0 spiro atoms. The molecule has 12 nitrogen and oxygen atoms in total. The summed E-state index contributed by atoms with van der Waals surface area (Å²) in [6, 6.07) is 15.4. The highest BCUT2D eigenvalue weighted by molar-refractivity contribution is 7.58. The second-order valence-corrected chi connectivity index (χ2v) is 13.8. The van der Waals surface area contributed by atoms with Crippen molar-refractivity contribution in [2.24, 2.45) is 11.8 Å². The number of aliphatic hydroxyl groups excluding tert-OH is 1.